The van der Waals surface area contributed by atoms with Gasteiger partial charge in [-0.3, -0.25) is 9.89 Å². The number of hydrogen-bond acceptors (Lipinski definition) is 3. The van der Waals surface area contributed by atoms with Crippen LogP contribution in [-0.4, -0.2) is 19.6 Å². The lowest BCUT2D eigenvalue weighted by Gasteiger charge is -2.06. The van der Waals surface area contributed by atoms with Gasteiger partial charge in [0.2, 0.25) is 0 Å². The zero-order valence-corrected chi connectivity index (χ0v) is 18.4. The third-order valence-corrected chi connectivity index (χ3v) is 5.78. The first-order valence-corrected chi connectivity index (χ1v) is 10.5. The Labute approximate surface area is 196 Å². The van der Waals surface area contributed by atoms with Gasteiger partial charge in [0.1, 0.15) is 5.15 Å². The van der Waals surface area contributed by atoms with Crippen molar-refractivity contribution in [1.82, 2.24) is 19.6 Å². The predicted octanol–water partition coefficient (Wildman–Crippen LogP) is 6.52. The van der Waals surface area contributed by atoms with Crippen LogP contribution in [0, 0.1) is 5.82 Å². The number of pyridine rings is 1. The fourth-order valence-corrected chi connectivity index (χ4v) is 4.05. The van der Waals surface area contributed by atoms with E-state index in [9.17, 15) is 9.18 Å². The Kier molecular flexibility index (Phi) is 5.21. The lowest BCUT2D eigenvalue weighted by molar-refractivity contribution is 0.622. The van der Waals surface area contributed by atoms with Crippen LogP contribution in [0.4, 0.5) is 4.39 Å². The maximum atomic E-state index is 14.1. The van der Waals surface area contributed by atoms with Gasteiger partial charge in [0, 0.05) is 22.2 Å². The molecule has 9 heteroatoms. The molecule has 5 rings (SSSR count). The summed E-state index contributed by atoms with van der Waals surface area (Å²) in [6, 6.07) is 19.1. The lowest BCUT2D eigenvalue weighted by atomic mass is 10.0. The van der Waals surface area contributed by atoms with Gasteiger partial charge in [-0.2, -0.15) is 0 Å². The Balaban J connectivity index is 1.84. The van der Waals surface area contributed by atoms with Gasteiger partial charge in [-0.1, -0.05) is 77.3 Å². The summed E-state index contributed by atoms with van der Waals surface area (Å²) >= 11 is 17.9. The van der Waals surface area contributed by atoms with Gasteiger partial charge in [0.05, 0.1) is 17.0 Å². The second-order valence-corrected chi connectivity index (χ2v) is 8.13. The van der Waals surface area contributed by atoms with Crippen molar-refractivity contribution in [2.45, 2.75) is 0 Å². The van der Waals surface area contributed by atoms with E-state index < -0.39 is 11.4 Å². The molecule has 0 saturated carbocycles. The monoisotopic (exact) mass is 484 g/mol. The fourth-order valence-electron chi connectivity index (χ4n) is 3.50. The maximum Gasteiger partial charge on any atom is 0.273 e. The Morgan fingerprint density at radius 1 is 0.844 bits per heavy atom. The predicted molar refractivity (Wildman–Crippen MR) is 125 cm³/mol. The first kappa shape index (κ1) is 20.7. The van der Waals surface area contributed by atoms with Gasteiger partial charge in [0.15, 0.2) is 16.6 Å². The van der Waals surface area contributed by atoms with Crippen LogP contribution in [0.1, 0.15) is 0 Å². The van der Waals surface area contributed by atoms with Gasteiger partial charge >= 0.3 is 0 Å². The average molecular weight is 486 g/mol. The molecule has 0 radical (unpaired) electrons. The number of fused-ring (bicyclic) bond motifs is 1. The number of hydrogen-bond donors (Lipinski definition) is 1. The van der Waals surface area contributed by atoms with Crippen molar-refractivity contribution < 1.29 is 4.39 Å². The second kappa shape index (κ2) is 8.06. The van der Waals surface area contributed by atoms with E-state index in [0.717, 1.165) is 17.2 Å². The standard InChI is InChI=1S/C23H12Cl3FN4O/c24-14-8-6-13(7-9-14)20-19(12-4-2-1-3-5-12)23-28-17(11-18(32)31(23)30-20)15-10-16(27)22(26)29-21(15)25/h1-11,30H. The number of H-pyrrole nitrogens is 1. The van der Waals surface area contributed by atoms with Gasteiger partial charge < -0.3 is 0 Å². The molecule has 0 atom stereocenters. The van der Waals surface area contributed by atoms with Crippen LogP contribution in [0.5, 0.6) is 0 Å². The summed E-state index contributed by atoms with van der Waals surface area (Å²) in [5, 5.41) is 3.32. The minimum atomic E-state index is -0.757. The van der Waals surface area contributed by atoms with Crippen LogP contribution in [0.15, 0.2) is 71.5 Å². The number of halogens is 4. The number of benzene rings is 2. The van der Waals surface area contributed by atoms with E-state index in [2.05, 4.69) is 15.1 Å². The lowest BCUT2D eigenvalue weighted by Crippen LogP contribution is -2.14. The SMILES string of the molecule is O=c1cc(-c2cc(F)c(Cl)nc2Cl)nc2c(-c3ccccc3)c(-c3ccc(Cl)cc3)[nH]n12. The molecule has 32 heavy (non-hydrogen) atoms. The molecule has 0 aliphatic carbocycles. The third kappa shape index (κ3) is 3.56. The van der Waals surface area contributed by atoms with Crippen molar-refractivity contribution in [3.63, 3.8) is 0 Å². The summed E-state index contributed by atoms with van der Waals surface area (Å²) in [6.45, 7) is 0. The molecule has 1 N–H and O–H groups in total. The Morgan fingerprint density at radius 3 is 2.28 bits per heavy atom. The molecule has 0 bridgehead atoms. The van der Waals surface area contributed by atoms with Crippen molar-refractivity contribution in [3.05, 3.63) is 98.2 Å². The van der Waals surface area contributed by atoms with E-state index in [1.807, 2.05) is 42.5 Å². The van der Waals surface area contributed by atoms with E-state index in [-0.39, 0.29) is 21.6 Å². The van der Waals surface area contributed by atoms with Gasteiger partial charge in [0.25, 0.3) is 5.56 Å². The minimum absolute atomic E-state index is 0.0534. The average Bonchev–Trinajstić information content (AvgIpc) is 3.17. The first-order valence-electron chi connectivity index (χ1n) is 9.41. The molecule has 0 saturated heterocycles. The highest BCUT2D eigenvalue weighted by Crippen LogP contribution is 2.36. The van der Waals surface area contributed by atoms with Gasteiger partial charge in [-0.15, -0.1) is 0 Å². The first-order chi connectivity index (χ1) is 15.4. The molecule has 0 aliphatic rings. The van der Waals surface area contributed by atoms with Gasteiger partial charge in [-0.25, -0.2) is 18.9 Å². The summed E-state index contributed by atoms with van der Waals surface area (Å²) < 4.78 is 15.4. The molecule has 3 heterocycles. The third-order valence-electron chi connectivity index (χ3n) is 4.97. The molecular weight excluding hydrogens is 474 g/mol. The highest BCUT2D eigenvalue weighted by molar-refractivity contribution is 6.34. The summed E-state index contributed by atoms with van der Waals surface area (Å²) in [6.07, 6.45) is 0. The highest BCUT2D eigenvalue weighted by Gasteiger charge is 2.20. The molecule has 3 aromatic heterocycles. The van der Waals surface area contributed by atoms with Gasteiger partial charge in [-0.05, 0) is 23.8 Å². The van der Waals surface area contributed by atoms with E-state index in [1.165, 1.54) is 10.6 Å². The molecule has 158 valence electrons. The Hall–Kier alpha value is -3.19. The van der Waals surface area contributed by atoms with Crippen LogP contribution >= 0.6 is 34.8 Å². The zero-order valence-electron chi connectivity index (χ0n) is 16.1. The largest absolute Gasteiger partial charge is 0.288 e. The number of aromatic amines is 1. The molecule has 2 aromatic carbocycles. The maximum absolute atomic E-state index is 14.1. The quantitative estimate of drug-likeness (QED) is 0.296. The fraction of sp³-hybridized carbons (Fsp3) is 0. The van der Waals surface area contributed by atoms with Crippen molar-refractivity contribution in [2.24, 2.45) is 0 Å². The second-order valence-electron chi connectivity index (χ2n) is 6.97. The molecule has 5 aromatic rings. The van der Waals surface area contributed by atoms with Crippen molar-refractivity contribution in [1.29, 1.82) is 0 Å². The minimum Gasteiger partial charge on any atom is -0.288 e. The molecule has 0 spiro atoms. The van der Waals surface area contributed by atoms with E-state index >= 15 is 0 Å². The van der Waals surface area contributed by atoms with Crippen LogP contribution in [0.2, 0.25) is 15.3 Å². The zero-order chi connectivity index (χ0) is 22.4. The molecular formula is C23H12Cl3FN4O. The molecule has 0 amide bonds. The van der Waals surface area contributed by atoms with E-state index in [0.29, 0.717) is 21.9 Å². The van der Waals surface area contributed by atoms with Crippen LogP contribution in [-0.2, 0) is 0 Å². The molecule has 0 fully saturated rings. The van der Waals surface area contributed by atoms with E-state index in [1.54, 1.807) is 12.1 Å². The van der Waals surface area contributed by atoms with Crippen molar-refractivity contribution in [2.75, 3.05) is 0 Å². The van der Waals surface area contributed by atoms with E-state index in [4.69, 9.17) is 34.8 Å². The number of aromatic nitrogens is 4. The summed E-state index contributed by atoms with van der Waals surface area (Å²) in [4.78, 5) is 21.4. The number of nitrogens with one attached hydrogen (secondary N) is 1. The summed E-state index contributed by atoms with van der Waals surface area (Å²) in [5.74, 6) is -0.757. The Bertz CT molecular complexity index is 1530. The van der Waals surface area contributed by atoms with Crippen LogP contribution in [0.3, 0.4) is 0 Å². The normalized spacial score (nSPS) is 11.2. The van der Waals surface area contributed by atoms with Crippen molar-refractivity contribution >= 4 is 40.4 Å². The van der Waals surface area contributed by atoms with Crippen LogP contribution < -0.4 is 5.56 Å². The molecule has 5 nitrogen and oxygen atoms in total. The van der Waals surface area contributed by atoms with Crippen LogP contribution in [0.25, 0.3) is 39.3 Å². The topological polar surface area (TPSA) is 63.0 Å². The Morgan fingerprint density at radius 2 is 1.56 bits per heavy atom. The summed E-state index contributed by atoms with van der Waals surface area (Å²) in [5.41, 5.74) is 3.35. The molecule has 0 unspecified atom stereocenters. The van der Waals surface area contributed by atoms with Crippen molar-refractivity contribution in [3.8, 4) is 33.6 Å². The number of nitrogens with zero attached hydrogens (tertiary/aromatic N) is 3. The smallest absolute Gasteiger partial charge is 0.273 e. The number of rotatable bonds is 3. The summed E-state index contributed by atoms with van der Waals surface area (Å²) in [7, 11) is 0. The molecule has 0 aliphatic heterocycles. The highest BCUT2D eigenvalue weighted by atomic mass is 35.5.